The summed E-state index contributed by atoms with van der Waals surface area (Å²) in [5, 5.41) is 3.04. The molecule has 3 saturated heterocycles. The quantitative estimate of drug-likeness (QED) is 0.559. The second-order valence-electron chi connectivity index (χ2n) is 7.14. The lowest BCUT2D eigenvalue weighted by atomic mass is 10.0. The van der Waals surface area contributed by atoms with Gasteiger partial charge in [-0.3, -0.25) is 19.8 Å². The van der Waals surface area contributed by atoms with Crippen LogP contribution < -0.4 is 10.2 Å². The van der Waals surface area contributed by atoms with Crippen LogP contribution in [0.5, 0.6) is 0 Å². The van der Waals surface area contributed by atoms with E-state index in [1.165, 1.54) is 11.8 Å². The van der Waals surface area contributed by atoms with E-state index in [1.807, 2.05) is 12.1 Å². The molecule has 1 N–H and O–H groups in total. The molecule has 1 aromatic heterocycles. The van der Waals surface area contributed by atoms with Crippen molar-refractivity contribution in [3.8, 4) is 0 Å². The molecule has 0 aliphatic carbocycles. The summed E-state index contributed by atoms with van der Waals surface area (Å²) in [6, 6.07) is 1.89. The largest absolute Gasteiger partial charge is 0.379 e. The maximum absolute atomic E-state index is 11.8. The Morgan fingerprint density at radius 1 is 1.25 bits per heavy atom. The fourth-order valence-corrected chi connectivity index (χ4v) is 4.93. The molecular formula is C19H25N5O3S. The van der Waals surface area contributed by atoms with E-state index in [0.717, 1.165) is 68.8 Å². The molecule has 150 valence electrons. The van der Waals surface area contributed by atoms with Gasteiger partial charge in [0.1, 0.15) is 6.04 Å². The summed E-state index contributed by atoms with van der Waals surface area (Å²) < 4.78 is 5.45. The molecule has 3 aliphatic rings. The lowest BCUT2D eigenvalue weighted by Crippen LogP contribution is -2.49. The van der Waals surface area contributed by atoms with Crippen molar-refractivity contribution >= 4 is 35.9 Å². The van der Waals surface area contributed by atoms with Crippen LogP contribution in [0.4, 0.5) is 5.95 Å². The van der Waals surface area contributed by atoms with Crippen LogP contribution in [0.25, 0.3) is 6.08 Å². The van der Waals surface area contributed by atoms with E-state index >= 15 is 0 Å². The second-order valence-corrected chi connectivity index (χ2v) is 8.19. The van der Waals surface area contributed by atoms with E-state index in [9.17, 15) is 9.59 Å². The number of ether oxygens (including phenoxy) is 1. The van der Waals surface area contributed by atoms with Crippen LogP contribution >= 0.6 is 11.8 Å². The molecule has 1 atom stereocenters. The van der Waals surface area contributed by atoms with E-state index in [0.29, 0.717) is 18.2 Å². The number of Topliss-reactive ketones (excluding diaryl/α,β-unsaturated/α-hetero) is 1. The molecule has 0 amide bonds. The minimum absolute atomic E-state index is 0.376. The number of aromatic nitrogens is 2. The smallest absolute Gasteiger partial charge is 0.225 e. The zero-order valence-electron chi connectivity index (χ0n) is 15.7. The lowest BCUT2D eigenvalue weighted by molar-refractivity contribution is -0.130. The average molecular weight is 404 g/mol. The van der Waals surface area contributed by atoms with Gasteiger partial charge in [0, 0.05) is 49.2 Å². The van der Waals surface area contributed by atoms with Crippen molar-refractivity contribution in [1.29, 1.82) is 0 Å². The first-order valence-electron chi connectivity index (χ1n) is 9.71. The number of carbonyl (C=O) groups is 2. The molecule has 4 heterocycles. The Bertz CT molecular complexity index is 745. The van der Waals surface area contributed by atoms with E-state index in [4.69, 9.17) is 4.74 Å². The Kier molecular flexibility index (Phi) is 6.36. The number of carbonyl (C=O) groups excluding carboxylic acids is 2. The predicted molar refractivity (Wildman–Crippen MR) is 108 cm³/mol. The molecule has 8 nitrogen and oxygen atoms in total. The number of anilines is 1. The Morgan fingerprint density at radius 3 is 2.79 bits per heavy atom. The summed E-state index contributed by atoms with van der Waals surface area (Å²) in [5.41, 5.74) is 0.759. The monoisotopic (exact) mass is 403 g/mol. The molecule has 0 aromatic carbocycles. The highest BCUT2D eigenvalue weighted by molar-refractivity contribution is 8.03. The zero-order chi connectivity index (χ0) is 19.3. The van der Waals surface area contributed by atoms with E-state index in [-0.39, 0.29) is 0 Å². The maximum Gasteiger partial charge on any atom is 0.225 e. The highest BCUT2D eigenvalue weighted by Crippen LogP contribution is 2.28. The van der Waals surface area contributed by atoms with Crippen LogP contribution in [-0.2, 0) is 14.3 Å². The lowest BCUT2D eigenvalue weighted by Gasteiger charge is -2.40. The average Bonchev–Trinajstić information content (AvgIpc) is 3.22. The van der Waals surface area contributed by atoms with Crippen LogP contribution in [0.1, 0.15) is 18.5 Å². The molecule has 0 spiro atoms. The first kappa shape index (κ1) is 19.5. The van der Waals surface area contributed by atoms with Gasteiger partial charge in [0.25, 0.3) is 0 Å². The van der Waals surface area contributed by atoms with Gasteiger partial charge < -0.3 is 9.64 Å². The predicted octanol–water partition coefficient (Wildman–Crippen LogP) is 0.549. The number of thioether (sulfide) groups is 1. The Hall–Kier alpha value is -1.81. The third-order valence-electron chi connectivity index (χ3n) is 5.48. The Balaban J connectivity index is 1.41. The number of ketones is 1. The summed E-state index contributed by atoms with van der Waals surface area (Å²) in [7, 11) is 0. The van der Waals surface area contributed by atoms with Crippen molar-refractivity contribution in [1.82, 2.24) is 20.2 Å². The number of aldehydes is 1. The van der Waals surface area contributed by atoms with E-state index < -0.39 is 11.8 Å². The number of hydrogen-bond donors (Lipinski definition) is 1. The number of hydrogen-bond acceptors (Lipinski definition) is 9. The van der Waals surface area contributed by atoms with Crippen LogP contribution in [-0.4, -0.2) is 84.3 Å². The highest BCUT2D eigenvalue weighted by atomic mass is 32.2. The second kappa shape index (κ2) is 9.13. The summed E-state index contributed by atoms with van der Waals surface area (Å²) in [5.74, 6) is 0.892. The van der Waals surface area contributed by atoms with Crippen LogP contribution in [0, 0.1) is 0 Å². The van der Waals surface area contributed by atoms with Crippen LogP contribution in [0.2, 0.25) is 0 Å². The molecule has 0 saturated carbocycles. The molecule has 0 bridgehead atoms. The van der Waals surface area contributed by atoms with Crippen LogP contribution in [0.15, 0.2) is 17.2 Å². The van der Waals surface area contributed by atoms with Gasteiger partial charge in [0.2, 0.25) is 11.7 Å². The summed E-state index contributed by atoms with van der Waals surface area (Å²) in [6.07, 6.45) is 6.21. The number of piperidine rings is 1. The van der Waals surface area contributed by atoms with E-state index in [2.05, 4.69) is 25.1 Å². The maximum atomic E-state index is 11.8. The van der Waals surface area contributed by atoms with Gasteiger partial charge in [-0.15, -0.1) is 11.8 Å². The fourth-order valence-electron chi connectivity index (χ4n) is 3.94. The van der Waals surface area contributed by atoms with Crippen LogP contribution in [0.3, 0.4) is 0 Å². The summed E-state index contributed by atoms with van der Waals surface area (Å²) in [4.78, 5) is 37.3. The summed E-state index contributed by atoms with van der Waals surface area (Å²) in [6.45, 7) is 5.59. The van der Waals surface area contributed by atoms with Crippen molar-refractivity contribution in [3.05, 3.63) is 22.9 Å². The minimum atomic E-state index is -0.551. The molecule has 1 aromatic rings. The van der Waals surface area contributed by atoms with Gasteiger partial charge in [-0.25, -0.2) is 9.97 Å². The minimum Gasteiger partial charge on any atom is -0.379 e. The standard InChI is InChI=1S/C19H25N5O3S/c25-12-16(26)18-17(28-13-21-18)11-14-1-4-20-19(22-14)24-5-2-15(3-6-24)23-7-9-27-10-8-23/h1,4,11-12,15,18,21H,2-3,5-10,13H2/b17-11-. The van der Waals surface area contributed by atoms with Crippen molar-refractivity contribution in [2.45, 2.75) is 24.9 Å². The zero-order valence-corrected chi connectivity index (χ0v) is 16.6. The normalized spacial score (nSPS) is 25.9. The summed E-state index contributed by atoms with van der Waals surface area (Å²) >= 11 is 1.53. The van der Waals surface area contributed by atoms with Crippen molar-refractivity contribution < 1.29 is 14.3 Å². The molecule has 9 heteroatoms. The van der Waals surface area contributed by atoms with Gasteiger partial charge >= 0.3 is 0 Å². The molecular weight excluding hydrogens is 378 g/mol. The third-order valence-corrected chi connectivity index (χ3v) is 6.47. The van der Waals surface area contributed by atoms with E-state index in [1.54, 1.807) is 6.20 Å². The van der Waals surface area contributed by atoms with Crippen molar-refractivity contribution in [2.75, 3.05) is 50.2 Å². The fraction of sp³-hybridized carbons (Fsp3) is 0.579. The van der Waals surface area contributed by atoms with Gasteiger partial charge in [0.05, 0.1) is 18.9 Å². The topological polar surface area (TPSA) is 87.7 Å². The number of nitrogens with zero attached hydrogens (tertiary/aromatic N) is 4. The molecule has 1 unspecified atom stereocenters. The first-order valence-corrected chi connectivity index (χ1v) is 10.7. The SMILES string of the molecule is O=CC(=O)C1NCS/C1=C\c1ccnc(N2CCC(N3CCOCC3)CC2)n1. The van der Waals surface area contributed by atoms with Gasteiger partial charge in [0.15, 0.2) is 6.29 Å². The molecule has 4 rings (SSSR count). The molecule has 3 fully saturated rings. The molecule has 3 aliphatic heterocycles. The molecule has 28 heavy (non-hydrogen) atoms. The van der Waals surface area contributed by atoms with Gasteiger partial charge in [-0.1, -0.05) is 0 Å². The Labute approximate surface area is 168 Å². The Morgan fingerprint density at radius 2 is 2.04 bits per heavy atom. The first-order chi connectivity index (χ1) is 13.7. The molecule has 0 radical (unpaired) electrons. The third kappa shape index (κ3) is 4.43. The van der Waals surface area contributed by atoms with Crippen molar-refractivity contribution in [2.24, 2.45) is 0 Å². The number of rotatable bonds is 5. The highest BCUT2D eigenvalue weighted by Gasteiger charge is 2.28. The number of nitrogens with one attached hydrogen (secondary N) is 1. The van der Waals surface area contributed by atoms with Gasteiger partial charge in [-0.2, -0.15) is 0 Å². The van der Waals surface area contributed by atoms with Crippen molar-refractivity contribution in [3.63, 3.8) is 0 Å². The van der Waals surface area contributed by atoms with Gasteiger partial charge in [-0.05, 0) is 25.0 Å². The number of morpholine rings is 1.